The van der Waals surface area contributed by atoms with Gasteiger partial charge in [0.25, 0.3) is 0 Å². The summed E-state index contributed by atoms with van der Waals surface area (Å²) in [4.78, 5) is 12.9. The molecule has 0 atom stereocenters. The highest BCUT2D eigenvalue weighted by atomic mass is 16.5. The summed E-state index contributed by atoms with van der Waals surface area (Å²) in [6.45, 7) is 2.06. The van der Waals surface area contributed by atoms with E-state index in [4.69, 9.17) is 4.74 Å². The molecule has 1 aromatic carbocycles. The van der Waals surface area contributed by atoms with Gasteiger partial charge in [0.1, 0.15) is 5.75 Å². The standard InChI is InChI=1S/C11H13NO2/c1-14-11-4-2-9(3-5-11)6-12-7-10(13)8-12/h2-5H,6-8H2,1H3. The zero-order chi connectivity index (χ0) is 9.97. The van der Waals surface area contributed by atoms with Crippen LogP contribution in [0.3, 0.4) is 0 Å². The lowest BCUT2D eigenvalue weighted by molar-refractivity contribution is -0.129. The van der Waals surface area contributed by atoms with Crippen molar-refractivity contribution in [3.63, 3.8) is 0 Å². The third kappa shape index (κ3) is 1.93. The van der Waals surface area contributed by atoms with Gasteiger partial charge in [0, 0.05) is 6.54 Å². The largest absolute Gasteiger partial charge is 0.497 e. The van der Waals surface area contributed by atoms with Gasteiger partial charge in [0.15, 0.2) is 5.78 Å². The molecule has 0 radical (unpaired) electrons. The number of Topliss-reactive ketones (excluding diaryl/α,β-unsaturated/α-hetero) is 1. The average Bonchev–Trinajstić information content (AvgIpc) is 2.17. The number of methoxy groups -OCH3 is 1. The number of benzene rings is 1. The van der Waals surface area contributed by atoms with E-state index in [0.717, 1.165) is 12.3 Å². The van der Waals surface area contributed by atoms with Crippen LogP contribution < -0.4 is 4.74 Å². The van der Waals surface area contributed by atoms with Gasteiger partial charge in [-0.1, -0.05) is 12.1 Å². The van der Waals surface area contributed by atoms with Crippen molar-refractivity contribution >= 4 is 5.78 Å². The highest BCUT2D eigenvalue weighted by molar-refractivity contribution is 5.87. The molecule has 0 aromatic heterocycles. The van der Waals surface area contributed by atoms with Crippen molar-refractivity contribution < 1.29 is 9.53 Å². The number of carbonyl (C=O) groups is 1. The van der Waals surface area contributed by atoms with Crippen molar-refractivity contribution in [3.8, 4) is 5.75 Å². The lowest BCUT2D eigenvalue weighted by Crippen LogP contribution is -2.46. The zero-order valence-corrected chi connectivity index (χ0v) is 8.19. The van der Waals surface area contributed by atoms with Crippen molar-refractivity contribution in [2.45, 2.75) is 6.54 Å². The molecule has 2 rings (SSSR count). The van der Waals surface area contributed by atoms with Crippen molar-refractivity contribution in [2.75, 3.05) is 20.2 Å². The fraction of sp³-hybridized carbons (Fsp3) is 0.364. The van der Waals surface area contributed by atoms with E-state index in [0.29, 0.717) is 18.9 Å². The van der Waals surface area contributed by atoms with Crippen molar-refractivity contribution in [3.05, 3.63) is 29.8 Å². The van der Waals surface area contributed by atoms with Crippen LogP contribution in [0.1, 0.15) is 5.56 Å². The Morgan fingerprint density at radius 1 is 1.29 bits per heavy atom. The summed E-state index contributed by atoms with van der Waals surface area (Å²) in [6.07, 6.45) is 0. The smallest absolute Gasteiger partial charge is 0.160 e. The molecule has 1 fully saturated rings. The van der Waals surface area contributed by atoms with E-state index in [1.807, 2.05) is 24.3 Å². The van der Waals surface area contributed by atoms with Crippen molar-refractivity contribution in [1.82, 2.24) is 4.90 Å². The van der Waals surface area contributed by atoms with Gasteiger partial charge < -0.3 is 4.74 Å². The molecule has 0 spiro atoms. The molecule has 1 saturated heterocycles. The third-order valence-electron chi connectivity index (χ3n) is 2.37. The van der Waals surface area contributed by atoms with Gasteiger partial charge in [-0.25, -0.2) is 0 Å². The first-order chi connectivity index (χ1) is 6.78. The molecule has 0 N–H and O–H groups in total. The van der Waals surface area contributed by atoms with Crippen LogP contribution in [0.4, 0.5) is 0 Å². The number of rotatable bonds is 3. The van der Waals surface area contributed by atoms with Gasteiger partial charge in [0.2, 0.25) is 0 Å². The number of nitrogens with zero attached hydrogens (tertiary/aromatic N) is 1. The van der Waals surface area contributed by atoms with Crippen LogP contribution in [0.25, 0.3) is 0 Å². The summed E-state index contributed by atoms with van der Waals surface area (Å²) >= 11 is 0. The number of ketones is 1. The van der Waals surface area contributed by atoms with E-state index in [1.165, 1.54) is 5.56 Å². The normalized spacial score (nSPS) is 16.5. The molecule has 0 amide bonds. The number of ether oxygens (including phenoxy) is 1. The topological polar surface area (TPSA) is 29.5 Å². The molecular formula is C11H13NO2. The summed E-state index contributed by atoms with van der Waals surface area (Å²) in [7, 11) is 1.66. The van der Waals surface area contributed by atoms with Crippen LogP contribution >= 0.6 is 0 Å². The fourth-order valence-electron chi connectivity index (χ4n) is 1.55. The predicted molar refractivity (Wildman–Crippen MR) is 53.3 cm³/mol. The van der Waals surface area contributed by atoms with Gasteiger partial charge in [-0.2, -0.15) is 0 Å². The van der Waals surface area contributed by atoms with Gasteiger partial charge in [-0.05, 0) is 17.7 Å². The number of hydrogen-bond acceptors (Lipinski definition) is 3. The van der Waals surface area contributed by atoms with E-state index in [2.05, 4.69) is 4.90 Å². The van der Waals surface area contributed by atoms with Gasteiger partial charge in [-0.15, -0.1) is 0 Å². The number of carbonyl (C=O) groups excluding carboxylic acids is 1. The second-order valence-electron chi connectivity index (χ2n) is 3.53. The molecule has 3 nitrogen and oxygen atoms in total. The minimum absolute atomic E-state index is 0.332. The maximum absolute atomic E-state index is 10.7. The molecule has 3 heteroatoms. The number of likely N-dealkylation sites (tertiary alicyclic amines) is 1. The second-order valence-corrected chi connectivity index (χ2v) is 3.53. The monoisotopic (exact) mass is 191 g/mol. The maximum Gasteiger partial charge on any atom is 0.160 e. The predicted octanol–water partition coefficient (Wildman–Crippen LogP) is 1.08. The third-order valence-corrected chi connectivity index (χ3v) is 2.37. The molecular weight excluding hydrogens is 178 g/mol. The molecule has 1 aliphatic heterocycles. The number of hydrogen-bond donors (Lipinski definition) is 0. The Kier molecular flexibility index (Phi) is 2.50. The molecule has 14 heavy (non-hydrogen) atoms. The Morgan fingerprint density at radius 3 is 2.43 bits per heavy atom. The minimum Gasteiger partial charge on any atom is -0.497 e. The van der Waals surface area contributed by atoms with Crippen LogP contribution in [0.2, 0.25) is 0 Å². The van der Waals surface area contributed by atoms with E-state index in [1.54, 1.807) is 7.11 Å². The first-order valence-corrected chi connectivity index (χ1v) is 4.65. The van der Waals surface area contributed by atoms with Gasteiger partial charge in [0.05, 0.1) is 20.2 Å². The summed E-state index contributed by atoms with van der Waals surface area (Å²) < 4.78 is 5.06. The Bertz CT molecular complexity index is 324. The van der Waals surface area contributed by atoms with Crippen molar-refractivity contribution in [2.24, 2.45) is 0 Å². The Labute approximate surface area is 83.3 Å². The van der Waals surface area contributed by atoms with Gasteiger partial charge in [-0.3, -0.25) is 9.69 Å². The highest BCUT2D eigenvalue weighted by Crippen LogP contribution is 2.14. The molecule has 1 aromatic rings. The molecule has 0 aliphatic carbocycles. The summed E-state index contributed by atoms with van der Waals surface area (Å²) in [5.74, 6) is 1.20. The molecule has 0 unspecified atom stereocenters. The molecule has 0 bridgehead atoms. The Morgan fingerprint density at radius 2 is 1.93 bits per heavy atom. The van der Waals surface area contributed by atoms with Crippen LogP contribution in [0.15, 0.2) is 24.3 Å². The van der Waals surface area contributed by atoms with E-state index >= 15 is 0 Å². The molecule has 74 valence electrons. The quantitative estimate of drug-likeness (QED) is 0.716. The average molecular weight is 191 g/mol. The van der Waals surface area contributed by atoms with Crippen LogP contribution in [0, 0.1) is 0 Å². The van der Waals surface area contributed by atoms with Gasteiger partial charge >= 0.3 is 0 Å². The molecule has 1 heterocycles. The van der Waals surface area contributed by atoms with E-state index < -0.39 is 0 Å². The van der Waals surface area contributed by atoms with Crippen molar-refractivity contribution in [1.29, 1.82) is 0 Å². The lowest BCUT2D eigenvalue weighted by atomic mass is 10.1. The summed E-state index contributed by atoms with van der Waals surface area (Å²) in [5, 5.41) is 0. The zero-order valence-electron chi connectivity index (χ0n) is 8.19. The lowest BCUT2D eigenvalue weighted by Gasteiger charge is -2.29. The van der Waals surface area contributed by atoms with E-state index in [-0.39, 0.29) is 0 Å². The van der Waals surface area contributed by atoms with Crippen LogP contribution in [-0.2, 0) is 11.3 Å². The van der Waals surface area contributed by atoms with E-state index in [9.17, 15) is 4.79 Å². The van der Waals surface area contributed by atoms with Crippen LogP contribution in [-0.4, -0.2) is 30.9 Å². The first kappa shape index (κ1) is 9.21. The summed E-state index contributed by atoms with van der Waals surface area (Å²) in [5.41, 5.74) is 1.22. The van der Waals surface area contributed by atoms with Crippen LogP contribution in [0.5, 0.6) is 5.75 Å². The second kappa shape index (κ2) is 3.80. The Balaban J connectivity index is 1.93. The first-order valence-electron chi connectivity index (χ1n) is 4.65. The molecule has 1 aliphatic rings. The maximum atomic E-state index is 10.7. The Hall–Kier alpha value is -1.35. The SMILES string of the molecule is COc1ccc(CN2CC(=O)C2)cc1. The fourth-order valence-corrected chi connectivity index (χ4v) is 1.55. The minimum atomic E-state index is 0.332. The highest BCUT2D eigenvalue weighted by Gasteiger charge is 2.22. The summed E-state index contributed by atoms with van der Waals surface area (Å²) in [6, 6.07) is 7.94. The molecule has 0 saturated carbocycles.